The van der Waals surface area contributed by atoms with Gasteiger partial charge in [0.1, 0.15) is 5.75 Å². The van der Waals surface area contributed by atoms with E-state index in [1.807, 2.05) is 0 Å². The van der Waals surface area contributed by atoms with Crippen molar-refractivity contribution in [3.63, 3.8) is 0 Å². The summed E-state index contributed by atoms with van der Waals surface area (Å²) in [4.78, 5) is 23.3. The van der Waals surface area contributed by atoms with Crippen LogP contribution in [0.3, 0.4) is 0 Å². The number of carbonyl (C=O) groups is 2. The summed E-state index contributed by atoms with van der Waals surface area (Å²) >= 11 is 1.42. The molecule has 0 aliphatic carbocycles. The van der Waals surface area contributed by atoms with Crippen molar-refractivity contribution in [3.8, 4) is 5.75 Å². The summed E-state index contributed by atoms with van der Waals surface area (Å²) in [5.74, 6) is -1.27. The molecule has 0 bridgehead atoms. The lowest BCUT2D eigenvalue weighted by molar-refractivity contribution is -0.136. The molecule has 0 spiro atoms. The highest BCUT2D eigenvalue weighted by molar-refractivity contribution is 7.99. The number of ether oxygens (including phenoxy) is 1. The molecule has 2 rings (SSSR count). The minimum absolute atomic E-state index is 0.0609. The largest absolute Gasteiger partial charge is 0.496 e. The average molecular weight is 318 g/mol. The summed E-state index contributed by atoms with van der Waals surface area (Å²) in [6, 6.07) is 11.8. The Kier molecular flexibility index (Phi) is 5.06. The topological polar surface area (TPSA) is 83.8 Å². The molecule has 0 aromatic heterocycles. The predicted molar refractivity (Wildman–Crippen MR) is 81.9 cm³/mol. The summed E-state index contributed by atoms with van der Waals surface area (Å²) in [6.45, 7) is 0. The van der Waals surface area contributed by atoms with Crippen LogP contribution in [0.25, 0.3) is 0 Å². The van der Waals surface area contributed by atoms with Crippen LogP contribution < -0.4 is 4.74 Å². The molecule has 0 aliphatic heterocycles. The maximum absolute atomic E-state index is 10.8. The highest BCUT2D eigenvalue weighted by Crippen LogP contribution is 2.35. The van der Waals surface area contributed by atoms with Gasteiger partial charge in [-0.05, 0) is 42.0 Å². The average Bonchev–Trinajstić information content (AvgIpc) is 2.48. The van der Waals surface area contributed by atoms with Crippen LogP contribution >= 0.6 is 11.8 Å². The number of rotatable bonds is 6. The first-order valence-corrected chi connectivity index (χ1v) is 7.21. The first-order valence-electron chi connectivity index (χ1n) is 6.39. The van der Waals surface area contributed by atoms with Gasteiger partial charge in [-0.15, -0.1) is 0 Å². The third kappa shape index (κ3) is 4.02. The van der Waals surface area contributed by atoms with Crippen molar-refractivity contribution in [2.45, 2.75) is 16.2 Å². The molecule has 2 aromatic rings. The highest BCUT2D eigenvalue weighted by atomic mass is 32.2. The maximum Gasteiger partial charge on any atom is 0.335 e. The first kappa shape index (κ1) is 15.9. The second kappa shape index (κ2) is 7.00. The summed E-state index contributed by atoms with van der Waals surface area (Å²) in [6.07, 6.45) is -0.0609. The minimum Gasteiger partial charge on any atom is -0.496 e. The van der Waals surface area contributed by atoms with Crippen LogP contribution in [0.4, 0.5) is 0 Å². The normalized spacial score (nSPS) is 10.2. The van der Waals surface area contributed by atoms with Crippen LogP contribution in [0.5, 0.6) is 5.75 Å². The first-order chi connectivity index (χ1) is 10.5. The molecule has 0 amide bonds. The molecule has 114 valence electrons. The molecular weight excluding hydrogens is 304 g/mol. The van der Waals surface area contributed by atoms with E-state index in [0.29, 0.717) is 11.3 Å². The molecule has 2 N–H and O–H groups in total. The molecule has 0 saturated heterocycles. The van der Waals surface area contributed by atoms with E-state index in [0.717, 1.165) is 9.79 Å². The summed E-state index contributed by atoms with van der Waals surface area (Å²) in [7, 11) is 1.53. The number of aliphatic carboxylic acids is 1. The smallest absolute Gasteiger partial charge is 0.335 e. The molecule has 6 heteroatoms. The number of benzene rings is 2. The molecule has 5 nitrogen and oxygen atoms in total. The maximum atomic E-state index is 10.8. The van der Waals surface area contributed by atoms with E-state index in [1.54, 1.807) is 30.3 Å². The van der Waals surface area contributed by atoms with Gasteiger partial charge in [0.15, 0.2) is 0 Å². The van der Waals surface area contributed by atoms with Gasteiger partial charge in [0.25, 0.3) is 0 Å². The molecule has 2 aromatic carbocycles. The van der Waals surface area contributed by atoms with Gasteiger partial charge >= 0.3 is 11.9 Å². The van der Waals surface area contributed by atoms with Gasteiger partial charge in [0.2, 0.25) is 0 Å². The predicted octanol–water partition coefficient (Wildman–Crippen LogP) is 3.17. The van der Waals surface area contributed by atoms with Crippen molar-refractivity contribution < 1.29 is 24.5 Å². The Morgan fingerprint density at radius 2 is 1.77 bits per heavy atom. The zero-order valence-corrected chi connectivity index (χ0v) is 12.6. The van der Waals surface area contributed by atoms with Crippen LogP contribution in [0.1, 0.15) is 15.9 Å². The van der Waals surface area contributed by atoms with Gasteiger partial charge in [-0.25, -0.2) is 4.79 Å². The number of aromatic carboxylic acids is 1. The van der Waals surface area contributed by atoms with Crippen molar-refractivity contribution in [1.82, 2.24) is 0 Å². The van der Waals surface area contributed by atoms with Gasteiger partial charge in [-0.3, -0.25) is 4.79 Å². The Bertz CT molecular complexity index is 694. The third-order valence-electron chi connectivity index (χ3n) is 2.91. The second-order valence-electron chi connectivity index (χ2n) is 4.49. The number of methoxy groups -OCH3 is 1. The molecule has 0 unspecified atom stereocenters. The second-order valence-corrected chi connectivity index (χ2v) is 5.60. The van der Waals surface area contributed by atoms with E-state index < -0.39 is 11.9 Å². The Labute approximate surface area is 131 Å². The van der Waals surface area contributed by atoms with Gasteiger partial charge in [0, 0.05) is 4.90 Å². The van der Waals surface area contributed by atoms with Gasteiger partial charge in [-0.2, -0.15) is 0 Å². The van der Waals surface area contributed by atoms with E-state index in [4.69, 9.17) is 14.9 Å². The van der Waals surface area contributed by atoms with Crippen LogP contribution in [-0.2, 0) is 11.2 Å². The Morgan fingerprint density at radius 3 is 2.32 bits per heavy atom. The number of carboxylic acids is 2. The Balaban J connectivity index is 2.21. The zero-order valence-electron chi connectivity index (χ0n) is 11.8. The highest BCUT2D eigenvalue weighted by Gasteiger charge is 2.09. The fraction of sp³-hybridized carbons (Fsp3) is 0.125. The standard InChI is InChI=1S/C16H14O5S/c1-21-13-8-10(9-15(17)18)2-7-14(13)22-12-5-3-11(4-6-12)16(19)20/h2-8H,9H2,1H3,(H,17,18)(H,19,20). The van der Waals surface area contributed by atoms with E-state index in [2.05, 4.69) is 0 Å². The van der Waals surface area contributed by atoms with Crippen molar-refractivity contribution in [1.29, 1.82) is 0 Å². The summed E-state index contributed by atoms with van der Waals surface area (Å²) in [5.41, 5.74) is 0.892. The summed E-state index contributed by atoms with van der Waals surface area (Å²) in [5, 5.41) is 17.7. The zero-order chi connectivity index (χ0) is 16.1. The van der Waals surface area contributed by atoms with Crippen molar-refractivity contribution in [3.05, 3.63) is 53.6 Å². The molecule has 0 saturated carbocycles. The minimum atomic E-state index is -0.966. The van der Waals surface area contributed by atoms with Gasteiger partial charge in [0.05, 0.1) is 24.0 Å². The number of hydrogen-bond donors (Lipinski definition) is 2. The van der Waals surface area contributed by atoms with Crippen LogP contribution in [-0.4, -0.2) is 29.3 Å². The van der Waals surface area contributed by atoms with Crippen molar-refractivity contribution in [2.24, 2.45) is 0 Å². The van der Waals surface area contributed by atoms with Gasteiger partial charge in [-0.1, -0.05) is 17.8 Å². The molecule has 0 radical (unpaired) electrons. The molecule has 22 heavy (non-hydrogen) atoms. The van der Waals surface area contributed by atoms with Crippen LogP contribution in [0.2, 0.25) is 0 Å². The lowest BCUT2D eigenvalue weighted by Crippen LogP contribution is -2.00. The van der Waals surface area contributed by atoms with Crippen molar-refractivity contribution >= 4 is 23.7 Å². The lowest BCUT2D eigenvalue weighted by atomic mass is 10.1. The molecular formula is C16H14O5S. The van der Waals surface area contributed by atoms with Crippen molar-refractivity contribution in [2.75, 3.05) is 7.11 Å². The lowest BCUT2D eigenvalue weighted by Gasteiger charge is -2.10. The van der Waals surface area contributed by atoms with Gasteiger partial charge < -0.3 is 14.9 Å². The van der Waals surface area contributed by atoms with Crippen LogP contribution in [0.15, 0.2) is 52.3 Å². The molecule has 0 fully saturated rings. The SMILES string of the molecule is COc1cc(CC(=O)O)ccc1Sc1ccc(C(=O)O)cc1. The number of carboxylic acid groups (broad SMARTS) is 2. The fourth-order valence-corrected chi connectivity index (χ4v) is 2.78. The van der Waals surface area contributed by atoms with E-state index in [1.165, 1.54) is 31.0 Å². The third-order valence-corrected chi connectivity index (χ3v) is 3.98. The van der Waals surface area contributed by atoms with Crippen LogP contribution in [0, 0.1) is 0 Å². The Morgan fingerprint density at radius 1 is 1.09 bits per heavy atom. The Hall–Kier alpha value is -2.47. The summed E-state index contributed by atoms with van der Waals surface area (Å²) < 4.78 is 5.29. The van der Waals surface area contributed by atoms with E-state index in [9.17, 15) is 9.59 Å². The quantitative estimate of drug-likeness (QED) is 0.851. The number of hydrogen-bond acceptors (Lipinski definition) is 4. The molecule has 0 atom stereocenters. The van der Waals surface area contributed by atoms with E-state index in [-0.39, 0.29) is 12.0 Å². The molecule has 0 heterocycles. The monoisotopic (exact) mass is 318 g/mol. The fourth-order valence-electron chi connectivity index (χ4n) is 1.87. The molecule has 0 aliphatic rings. The van der Waals surface area contributed by atoms with E-state index >= 15 is 0 Å².